The lowest BCUT2D eigenvalue weighted by Crippen LogP contribution is -2.36. The summed E-state index contributed by atoms with van der Waals surface area (Å²) in [5.74, 6) is 0.520. The fourth-order valence-electron chi connectivity index (χ4n) is 2.17. The minimum Gasteiger partial charge on any atom is -0.497 e. The number of halogens is 1. The molecule has 9 heteroatoms. The van der Waals surface area contributed by atoms with E-state index in [2.05, 4.69) is 26.5 Å². The molecule has 3 rings (SSSR count). The van der Waals surface area contributed by atoms with Crippen molar-refractivity contribution in [2.24, 2.45) is 0 Å². The molecule has 26 heavy (non-hydrogen) atoms. The second-order valence-corrected chi connectivity index (χ2v) is 6.95. The molecule has 0 aliphatic rings. The van der Waals surface area contributed by atoms with E-state index >= 15 is 0 Å². The first-order valence-electron chi connectivity index (χ1n) is 7.53. The maximum Gasteiger partial charge on any atom is 0.442 e. The molecule has 0 unspecified atom stereocenters. The molecule has 0 saturated carbocycles. The first-order chi connectivity index (χ1) is 12.6. The SMILES string of the molecule is COc1ccc(-[n+]2[nH]oc(=O)c2SCC(=O)Nc2ccccc2Br)cc1. The third kappa shape index (κ3) is 4.17. The van der Waals surface area contributed by atoms with Crippen LogP contribution in [0.1, 0.15) is 0 Å². The number of aromatic nitrogens is 2. The van der Waals surface area contributed by atoms with Gasteiger partial charge in [0.05, 0.1) is 18.6 Å². The normalized spacial score (nSPS) is 10.5. The summed E-state index contributed by atoms with van der Waals surface area (Å²) in [5, 5.41) is 5.61. The van der Waals surface area contributed by atoms with E-state index in [0.717, 1.165) is 16.2 Å². The van der Waals surface area contributed by atoms with E-state index in [9.17, 15) is 9.59 Å². The predicted molar refractivity (Wildman–Crippen MR) is 101 cm³/mol. The molecule has 0 bridgehead atoms. The highest BCUT2D eigenvalue weighted by atomic mass is 79.9. The highest BCUT2D eigenvalue weighted by Crippen LogP contribution is 2.22. The third-order valence-electron chi connectivity index (χ3n) is 3.43. The molecule has 2 N–H and O–H groups in total. The zero-order valence-electron chi connectivity index (χ0n) is 13.7. The van der Waals surface area contributed by atoms with Gasteiger partial charge in [0.15, 0.2) is 0 Å². The van der Waals surface area contributed by atoms with Crippen LogP contribution in [0.3, 0.4) is 0 Å². The number of hydrogen-bond acceptors (Lipinski definition) is 5. The van der Waals surface area contributed by atoms with Crippen molar-refractivity contribution in [3.8, 4) is 11.4 Å². The van der Waals surface area contributed by atoms with Crippen LogP contribution in [0.4, 0.5) is 5.69 Å². The molecule has 1 amide bonds. The summed E-state index contributed by atoms with van der Waals surface area (Å²) < 4.78 is 12.3. The molecule has 0 atom stereocenters. The van der Waals surface area contributed by atoms with Crippen LogP contribution in [0.15, 0.2) is 67.3 Å². The fraction of sp³-hybridized carbons (Fsp3) is 0.118. The molecule has 3 aromatic rings. The predicted octanol–water partition coefficient (Wildman–Crippen LogP) is 2.75. The van der Waals surface area contributed by atoms with Gasteiger partial charge in [0, 0.05) is 16.6 Å². The summed E-state index contributed by atoms with van der Waals surface area (Å²) in [5.41, 5.74) is 0.812. The number of rotatable bonds is 6. The van der Waals surface area contributed by atoms with E-state index in [1.54, 1.807) is 37.4 Å². The Kier molecular flexibility index (Phi) is 5.79. The number of benzene rings is 2. The number of aromatic amines is 1. The first-order valence-corrected chi connectivity index (χ1v) is 9.31. The number of methoxy groups -OCH3 is 1. The Morgan fingerprint density at radius 2 is 2.00 bits per heavy atom. The van der Waals surface area contributed by atoms with Crippen LogP contribution in [0.2, 0.25) is 0 Å². The Morgan fingerprint density at radius 1 is 1.27 bits per heavy atom. The summed E-state index contributed by atoms with van der Waals surface area (Å²) in [6.45, 7) is 0. The van der Waals surface area contributed by atoms with Crippen molar-refractivity contribution in [3.63, 3.8) is 0 Å². The van der Waals surface area contributed by atoms with Crippen LogP contribution < -0.4 is 20.4 Å². The van der Waals surface area contributed by atoms with E-state index in [-0.39, 0.29) is 16.7 Å². The van der Waals surface area contributed by atoms with E-state index in [1.807, 2.05) is 18.2 Å². The number of nitrogens with zero attached hydrogens (tertiary/aromatic N) is 1. The number of carbonyl (C=O) groups excluding carboxylic acids is 1. The molecule has 2 aromatic carbocycles. The van der Waals surface area contributed by atoms with Crippen LogP contribution >= 0.6 is 27.7 Å². The molecule has 1 heterocycles. The molecule has 0 aliphatic heterocycles. The van der Waals surface area contributed by atoms with E-state index in [4.69, 9.17) is 9.26 Å². The fourth-order valence-corrected chi connectivity index (χ4v) is 3.33. The number of H-pyrrole nitrogens is 1. The second kappa shape index (κ2) is 8.24. The van der Waals surface area contributed by atoms with Crippen molar-refractivity contribution in [1.82, 2.24) is 5.27 Å². The lowest BCUT2D eigenvalue weighted by molar-refractivity contribution is -0.704. The van der Waals surface area contributed by atoms with Crippen molar-refractivity contribution in [1.29, 1.82) is 0 Å². The molecule has 0 fully saturated rings. The Balaban J connectivity index is 1.72. The number of para-hydroxylation sites is 1. The molecule has 7 nitrogen and oxygen atoms in total. The van der Waals surface area contributed by atoms with Gasteiger partial charge in [-0.15, -0.1) is 0 Å². The smallest absolute Gasteiger partial charge is 0.442 e. The van der Waals surface area contributed by atoms with Gasteiger partial charge in [-0.05, 0) is 61.9 Å². The van der Waals surface area contributed by atoms with Gasteiger partial charge >= 0.3 is 10.7 Å². The number of ether oxygens (including phenoxy) is 1. The number of carbonyl (C=O) groups is 1. The number of hydrogen-bond donors (Lipinski definition) is 2. The van der Waals surface area contributed by atoms with Crippen molar-refractivity contribution in [3.05, 3.63) is 63.4 Å². The van der Waals surface area contributed by atoms with Gasteiger partial charge in [-0.1, -0.05) is 12.1 Å². The minimum atomic E-state index is -0.542. The van der Waals surface area contributed by atoms with Gasteiger partial charge in [-0.2, -0.15) is 0 Å². The maximum absolute atomic E-state index is 12.2. The highest BCUT2D eigenvalue weighted by molar-refractivity contribution is 9.10. The zero-order chi connectivity index (χ0) is 18.5. The standard InChI is InChI=1S/C17H14BrN3O4S/c1-24-12-8-6-11(7-9-12)21-16(17(23)25-20-21)26-10-15(22)19-14-5-3-2-4-13(14)18/h2-9H,10H2,1H3,(H-,19,20,22,23)/p+1. The van der Waals surface area contributed by atoms with E-state index in [0.29, 0.717) is 17.1 Å². The molecular formula is C17H15BrN3O4S+. The van der Waals surface area contributed by atoms with Gasteiger partial charge in [0.25, 0.3) is 0 Å². The van der Waals surface area contributed by atoms with Crippen molar-refractivity contribution < 1.29 is 18.7 Å². The Bertz CT molecular complexity index is 969. The minimum absolute atomic E-state index is 0.0557. The highest BCUT2D eigenvalue weighted by Gasteiger charge is 2.25. The van der Waals surface area contributed by atoms with Crippen LogP contribution in [0.25, 0.3) is 5.69 Å². The maximum atomic E-state index is 12.2. The Hall–Kier alpha value is -2.52. The third-order valence-corrected chi connectivity index (χ3v) is 5.15. The quantitative estimate of drug-likeness (QED) is 0.458. The number of amides is 1. The van der Waals surface area contributed by atoms with Gasteiger partial charge in [-0.25, -0.2) is 4.79 Å². The van der Waals surface area contributed by atoms with Crippen molar-refractivity contribution in [2.45, 2.75) is 5.03 Å². The summed E-state index contributed by atoms with van der Waals surface area (Å²) in [4.78, 5) is 24.1. The number of nitrogens with one attached hydrogen (secondary N) is 2. The largest absolute Gasteiger partial charge is 0.497 e. The average Bonchev–Trinajstić information content (AvgIpc) is 3.02. The molecule has 1 aromatic heterocycles. The molecule has 0 aliphatic carbocycles. The van der Waals surface area contributed by atoms with Gasteiger partial charge < -0.3 is 10.1 Å². The molecular weight excluding hydrogens is 422 g/mol. The lowest BCUT2D eigenvalue weighted by atomic mass is 10.3. The van der Waals surface area contributed by atoms with Crippen LogP contribution in [0, 0.1) is 0 Å². The van der Waals surface area contributed by atoms with Gasteiger partial charge in [0.2, 0.25) is 11.6 Å². The molecule has 0 radical (unpaired) electrons. The zero-order valence-corrected chi connectivity index (χ0v) is 16.1. The van der Waals surface area contributed by atoms with Gasteiger partial charge in [-0.3, -0.25) is 9.32 Å². The van der Waals surface area contributed by atoms with Crippen LogP contribution in [-0.2, 0) is 4.79 Å². The topological polar surface area (TPSA) is 88.2 Å². The summed E-state index contributed by atoms with van der Waals surface area (Å²) in [7, 11) is 1.58. The first kappa shape index (κ1) is 18.3. The second-order valence-electron chi connectivity index (χ2n) is 5.14. The Labute approximate surface area is 161 Å². The number of thioether (sulfide) groups is 1. The lowest BCUT2D eigenvalue weighted by Gasteiger charge is -2.05. The molecule has 0 saturated heterocycles. The number of anilines is 1. The van der Waals surface area contributed by atoms with Crippen molar-refractivity contribution >= 4 is 39.3 Å². The summed E-state index contributed by atoms with van der Waals surface area (Å²) in [6.07, 6.45) is 0. The molecule has 134 valence electrons. The average molecular weight is 437 g/mol. The van der Waals surface area contributed by atoms with Crippen LogP contribution in [0.5, 0.6) is 5.75 Å². The van der Waals surface area contributed by atoms with Gasteiger partial charge in [0.1, 0.15) is 5.75 Å². The monoisotopic (exact) mass is 436 g/mol. The van der Waals surface area contributed by atoms with E-state index < -0.39 is 5.63 Å². The Morgan fingerprint density at radius 3 is 2.69 bits per heavy atom. The van der Waals surface area contributed by atoms with E-state index in [1.165, 1.54) is 4.68 Å². The summed E-state index contributed by atoms with van der Waals surface area (Å²) >= 11 is 4.46. The van der Waals surface area contributed by atoms with Crippen LogP contribution in [-0.4, -0.2) is 24.0 Å². The summed E-state index contributed by atoms with van der Waals surface area (Å²) in [6, 6.07) is 14.4. The molecule has 0 spiro atoms. The van der Waals surface area contributed by atoms with Crippen molar-refractivity contribution in [2.75, 3.05) is 18.2 Å².